The number of carbonyl (C=O) groups is 1. The second kappa shape index (κ2) is 6.89. The minimum atomic E-state index is -0.580. The number of aromatic amines is 1. The minimum absolute atomic E-state index is 0.0171. The van der Waals surface area contributed by atoms with Crippen LogP contribution in [0.15, 0.2) is 28.4 Å². The van der Waals surface area contributed by atoms with Crippen molar-refractivity contribution >= 4 is 40.6 Å². The van der Waals surface area contributed by atoms with Crippen molar-refractivity contribution in [3.05, 3.63) is 44.3 Å². The Kier molecular flexibility index (Phi) is 4.82. The molecule has 0 radical (unpaired) electrons. The van der Waals surface area contributed by atoms with Crippen molar-refractivity contribution in [1.29, 1.82) is 0 Å². The molecule has 0 fully saturated rings. The van der Waals surface area contributed by atoms with E-state index in [-0.39, 0.29) is 17.0 Å². The van der Waals surface area contributed by atoms with Crippen LogP contribution in [0.1, 0.15) is 36.7 Å². The number of rotatable bonds is 4. The highest BCUT2D eigenvalue weighted by atomic mass is 32.1. The van der Waals surface area contributed by atoms with E-state index >= 15 is 0 Å². The monoisotopic (exact) mass is 375 g/mol. The van der Waals surface area contributed by atoms with Gasteiger partial charge in [0.2, 0.25) is 0 Å². The molecule has 8 heteroatoms. The van der Waals surface area contributed by atoms with Gasteiger partial charge in [-0.2, -0.15) is 0 Å². The summed E-state index contributed by atoms with van der Waals surface area (Å²) in [5.74, 6) is -0.580. The van der Waals surface area contributed by atoms with Gasteiger partial charge in [0.05, 0.1) is 28.6 Å². The number of thiophene rings is 1. The van der Waals surface area contributed by atoms with Crippen LogP contribution < -0.4 is 5.56 Å². The second-order valence-electron chi connectivity index (χ2n) is 5.61. The van der Waals surface area contributed by atoms with Crippen molar-refractivity contribution in [3.63, 3.8) is 0 Å². The van der Waals surface area contributed by atoms with Crippen molar-refractivity contribution in [2.45, 2.75) is 26.3 Å². The standard InChI is InChI=1S/C17H17N3O3S2/c1-4-9(2)20-14-13(15(21)19-17(20)24)10(16(22)23-3)8-11(18-14)12-6-5-7-25-12/h5-9H,4H2,1-3H3,(H,19,21,24)/t9-/m0/s1. The number of ether oxygens (including phenoxy) is 1. The van der Waals surface area contributed by atoms with Crippen molar-refractivity contribution in [3.8, 4) is 10.6 Å². The third-order valence-corrected chi connectivity index (χ3v) is 5.30. The van der Waals surface area contributed by atoms with E-state index in [9.17, 15) is 9.59 Å². The van der Waals surface area contributed by atoms with Crippen LogP contribution in [0.2, 0.25) is 0 Å². The Morgan fingerprint density at radius 2 is 2.28 bits per heavy atom. The summed E-state index contributed by atoms with van der Waals surface area (Å²) in [4.78, 5) is 33.0. The molecule has 0 saturated carbocycles. The number of nitrogens with zero attached hydrogens (tertiary/aromatic N) is 2. The molecule has 3 rings (SSSR count). The van der Waals surface area contributed by atoms with Crippen LogP contribution in [0.5, 0.6) is 0 Å². The van der Waals surface area contributed by atoms with Crippen LogP contribution in [0.25, 0.3) is 21.6 Å². The number of hydrogen-bond acceptors (Lipinski definition) is 6. The molecule has 0 spiro atoms. The molecule has 0 aliphatic rings. The Labute approximate surface area is 153 Å². The first kappa shape index (κ1) is 17.5. The molecule has 25 heavy (non-hydrogen) atoms. The van der Waals surface area contributed by atoms with Gasteiger partial charge in [-0.05, 0) is 43.1 Å². The molecule has 3 aromatic heterocycles. The lowest BCUT2D eigenvalue weighted by atomic mass is 10.1. The SMILES string of the molecule is CC[C@H](C)n1c(=S)[nH]c(=O)c2c(C(=O)OC)cc(-c3cccs3)nc21. The lowest BCUT2D eigenvalue weighted by Gasteiger charge is -2.18. The molecule has 130 valence electrons. The van der Waals surface area contributed by atoms with Crippen LogP contribution in [0.3, 0.4) is 0 Å². The summed E-state index contributed by atoms with van der Waals surface area (Å²) in [6, 6.07) is 5.43. The number of carbonyl (C=O) groups excluding carboxylic acids is 1. The van der Waals surface area contributed by atoms with Gasteiger partial charge in [-0.15, -0.1) is 11.3 Å². The van der Waals surface area contributed by atoms with Crippen molar-refractivity contribution in [2.24, 2.45) is 0 Å². The topological polar surface area (TPSA) is 77.0 Å². The van der Waals surface area contributed by atoms with Crippen molar-refractivity contribution < 1.29 is 9.53 Å². The van der Waals surface area contributed by atoms with Gasteiger partial charge < -0.3 is 4.74 Å². The first-order valence-corrected chi connectivity index (χ1v) is 9.08. The Balaban J connectivity index is 2.50. The van der Waals surface area contributed by atoms with Gasteiger partial charge in [-0.1, -0.05) is 13.0 Å². The maximum atomic E-state index is 12.5. The number of nitrogens with one attached hydrogen (secondary N) is 1. The first-order chi connectivity index (χ1) is 12.0. The maximum absolute atomic E-state index is 12.5. The average Bonchev–Trinajstić information content (AvgIpc) is 3.14. The molecule has 1 N–H and O–H groups in total. The van der Waals surface area contributed by atoms with Crippen molar-refractivity contribution in [1.82, 2.24) is 14.5 Å². The number of methoxy groups -OCH3 is 1. The summed E-state index contributed by atoms with van der Waals surface area (Å²) in [7, 11) is 1.29. The van der Waals surface area contributed by atoms with Crippen LogP contribution in [0.4, 0.5) is 0 Å². The zero-order chi connectivity index (χ0) is 18.1. The summed E-state index contributed by atoms with van der Waals surface area (Å²) < 4.78 is 6.95. The maximum Gasteiger partial charge on any atom is 0.338 e. The number of pyridine rings is 1. The molecule has 0 aliphatic carbocycles. The fourth-order valence-electron chi connectivity index (χ4n) is 2.66. The Hall–Kier alpha value is -2.32. The molecule has 0 saturated heterocycles. The van der Waals surface area contributed by atoms with Gasteiger partial charge in [0, 0.05) is 6.04 Å². The van der Waals surface area contributed by atoms with E-state index in [1.54, 1.807) is 10.6 Å². The predicted octanol–water partition coefficient (Wildman–Crippen LogP) is 3.94. The molecule has 0 amide bonds. The number of hydrogen-bond donors (Lipinski definition) is 1. The van der Waals surface area contributed by atoms with Crippen LogP contribution >= 0.6 is 23.6 Å². The molecule has 3 aromatic rings. The number of esters is 1. The van der Waals surface area contributed by atoms with E-state index in [1.807, 2.05) is 31.4 Å². The Bertz CT molecular complexity index is 1050. The van der Waals surface area contributed by atoms with E-state index in [0.29, 0.717) is 16.1 Å². The molecule has 3 heterocycles. The summed E-state index contributed by atoms with van der Waals surface area (Å²) >= 11 is 6.85. The van der Waals surface area contributed by atoms with Crippen LogP contribution in [-0.2, 0) is 4.74 Å². The van der Waals surface area contributed by atoms with E-state index in [4.69, 9.17) is 17.0 Å². The van der Waals surface area contributed by atoms with Crippen LogP contribution in [-0.4, -0.2) is 27.6 Å². The predicted molar refractivity (Wildman–Crippen MR) is 101 cm³/mol. The molecular weight excluding hydrogens is 358 g/mol. The van der Waals surface area contributed by atoms with Crippen molar-refractivity contribution in [2.75, 3.05) is 7.11 Å². The van der Waals surface area contributed by atoms with Crippen LogP contribution in [0, 0.1) is 4.77 Å². The zero-order valence-electron chi connectivity index (χ0n) is 14.0. The minimum Gasteiger partial charge on any atom is -0.465 e. The fraction of sp³-hybridized carbons (Fsp3) is 0.294. The number of H-pyrrole nitrogens is 1. The first-order valence-electron chi connectivity index (χ1n) is 7.79. The zero-order valence-corrected chi connectivity index (χ0v) is 15.7. The Morgan fingerprint density at radius 1 is 1.52 bits per heavy atom. The third-order valence-electron chi connectivity index (χ3n) is 4.11. The lowest BCUT2D eigenvalue weighted by molar-refractivity contribution is 0.0603. The van der Waals surface area contributed by atoms with Gasteiger partial charge in [0.15, 0.2) is 4.77 Å². The summed E-state index contributed by atoms with van der Waals surface area (Å²) in [6.07, 6.45) is 0.800. The lowest BCUT2D eigenvalue weighted by Crippen LogP contribution is -2.21. The summed E-state index contributed by atoms with van der Waals surface area (Å²) in [6.45, 7) is 4.01. The highest BCUT2D eigenvalue weighted by molar-refractivity contribution is 7.71. The summed E-state index contributed by atoms with van der Waals surface area (Å²) in [5, 5.41) is 2.12. The van der Waals surface area contributed by atoms with Gasteiger partial charge in [-0.25, -0.2) is 9.78 Å². The highest BCUT2D eigenvalue weighted by Gasteiger charge is 2.21. The molecule has 1 atom stereocenters. The van der Waals surface area contributed by atoms with Gasteiger partial charge in [-0.3, -0.25) is 14.3 Å². The smallest absolute Gasteiger partial charge is 0.338 e. The van der Waals surface area contributed by atoms with Gasteiger partial charge >= 0.3 is 5.97 Å². The molecular formula is C17H17N3O3S2. The molecule has 0 bridgehead atoms. The number of fused-ring (bicyclic) bond motifs is 1. The van der Waals surface area contributed by atoms with E-state index in [2.05, 4.69) is 9.97 Å². The normalized spacial score (nSPS) is 12.3. The molecule has 0 unspecified atom stereocenters. The second-order valence-corrected chi connectivity index (χ2v) is 6.94. The molecule has 6 nitrogen and oxygen atoms in total. The largest absolute Gasteiger partial charge is 0.465 e. The van der Waals surface area contributed by atoms with E-state index in [1.165, 1.54) is 18.4 Å². The van der Waals surface area contributed by atoms with Gasteiger partial charge in [0.1, 0.15) is 5.65 Å². The third kappa shape index (κ3) is 3.03. The Morgan fingerprint density at radius 3 is 2.88 bits per heavy atom. The molecule has 0 aromatic carbocycles. The quantitative estimate of drug-likeness (QED) is 0.552. The number of aromatic nitrogens is 3. The highest BCUT2D eigenvalue weighted by Crippen LogP contribution is 2.28. The van der Waals surface area contributed by atoms with E-state index < -0.39 is 11.5 Å². The average molecular weight is 375 g/mol. The van der Waals surface area contributed by atoms with E-state index in [0.717, 1.165) is 11.3 Å². The van der Waals surface area contributed by atoms with Gasteiger partial charge in [0.25, 0.3) is 5.56 Å². The fourth-order valence-corrected chi connectivity index (χ4v) is 3.70. The molecule has 0 aliphatic heterocycles. The summed E-state index contributed by atoms with van der Waals surface area (Å²) in [5.41, 5.74) is 0.753.